The summed E-state index contributed by atoms with van der Waals surface area (Å²) in [7, 11) is 0. The van der Waals surface area contributed by atoms with Crippen molar-refractivity contribution in [3.05, 3.63) is 42.0 Å². The van der Waals surface area contributed by atoms with Gasteiger partial charge in [-0.15, -0.1) is 0 Å². The summed E-state index contributed by atoms with van der Waals surface area (Å²) in [5.41, 5.74) is -0.287. The van der Waals surface area contributed by atoms with E-state index in [1.54, 1.807) is 0 Å². The largest absolute Gasteiger partial charge is 0.508 e. The van der Waals surface area contributed by atoms with Crippen molar-refractivity contribution in [3.8, 4) is 28.7 Å². The zero-order chi connectivity index (χ0) is 22.0. The van der Waals surface area contributed by atoms with E-state index >= 15 is 0 Å². The van der Waals surface area contributed by atoms with Gasteiger partial charge in [-0.3, -0.25) is 0 Å². The number of rotatable bonds is 5. The number of benzene rings is 2. The highest BCUT2D eigenvalue weighted by atomic mass is 16.7. The molecule has 11 nitrogen and oxygen atoms in total. The van der Waals surface area contributed by atoms with Crippen molar-refractivity contribution in [2.75, 3.05) is 6.61 Å². The van der Waals surface area contributed by atoms with Gasteiger partial charge in [0, 0.05) is 0 Å². The van der Waals surface area contributed by atoms with Gasteiger partial charge in [0.25, 0.3) is 0 Å². The van der Waals surface area contributed by atoms with Crippen LogP contribution in [-0.4, -0.2) is 79.0 Å². The second-order valence-electron chi connectivity index (χ2n) is 6.59. The monoisotopic (exact) mass is 424 g/mol. The Balaban J connectivity index is 1.67. The van der Waals surface area contributed by atoms with E-state index in [2.05, 4.69) is 0 Å². The van der Waals surface area contributed by atoms with Crippen LogP contribution in [0.15, 0.2) is 36.4 Å². The maximum absolute atomic E-state index is 12.1. The molecule has 0 aliphatic carbocycles. The second kappa shape index (κ2) is 8.63. The number of aliphatic hydroxyl groups excluding tert-OH is 3. The molecule has 0 unspecified atom stereocenters. The van der Waals surface area contributed by atoms with E-state index in [0.29, 0.717) is 0 Å². The van der Waals surface area contributed by atoms with E-state index in [-0.39, 0.29) is 17.1 Å². The minimum atomic E-state index is -1.67. The maximum Gasteiger partial charge on any atom is 0.338 e. The summed E-state index contributed by atoms with van der Waals surface area (Å²) in [5, 5.41) is 67.8. The number of phenolic OH excluding ortho intramolecular Hbond substituents is 4. The Morgan fingerprint density at radius 1 is 0.900 bits per heavy atom. The smallest absolute Gasteiger partial charge is 0.338 e. The van der Waals surface area contributed by atoms with Gasteiger partial charge >= 0.3 is 5.97 Å². The Labute approximate surface area is 169 Å². The first-order valence-corrected chi connectivity index (χ1v) is 8.74. The van der Waals surface area contributed by atoms with E-state index in [1.807, 2.05) is 0 Å². The molecule has 1 fully saturated rings. The maximum atomic E-state index is 12.1. The summed E-state index contributed by atoms with van der Waals surface area (Å²) in [4.78, 5) is 12.1. The van der Waals surface area contributed by atoms with Gasteiger partial charge in [-0.1, -0.05) is 0 Å². The molecule has 1 aliphatic heterocycles. The first-order valence-electron chi connectivity index (χ1n) is 8.74. The van der Waals surface area contributed by atoms with Gasteiger partial charge in [0.2, 0.25) is 6.29 Å². The third-order valence-electron chi connectivity index (χ3n) is 4.44. The molecule has 1 heterocycles. The van der Waals surface area contributed by atoms with Crippen molar-refractivity contribution in [3.63, 3.8) is 0 Å². The first kappa shape index (κ1) is 21.5. The molecular weight excluding hydrogens is 404 g/mol. The fourth-order valence-electron chi connectivity index (χ4n) is 2.77. The molecule has 0 saturated carbocycles. The van der Waals surface area contributed by atoms with Crippen LogP contribution in [0.4, 0.5) is 0 Å². The molecule has 7 N–H and O–H groups in total. The van der Waals surface area contributed by atoms with Crippen LogP contribution in [-0.2, 0) is 9.47 Å². The zero-order valence-corrected chi connectivity index (χ0v) is 15.3. The molecular formula is C19H20O11. The summed E-state index contributed by atoms with van der Waals surface area (Å²) < 4.78 is 15.8. The van der Waals surface area contributed by atoms with E-state index in [9.17, 15) is 40.5 Å². The van der Waals surface area contributed by atoms with Gasteiger partial charge in [-0.25, -0.2) is 4.79 Å². The lowest BCUT2D eigenvalue weighted by Gasteiger charge is -2.39. The number of phenols is 4. The second-order valence-corrected chi connectivity index (χ2v) is 6.59. The van der Waals surface area contributed by atoms with Gasteiger partial charge in [-0.05, 0) is 36.4 Å². The minimum Gasteiger partial charge on any atom is -0.508 e. The fraction of sp³-hybridized carbons (Fsp3) is 0.316. The average Bonchev–Trinajstić information content (AvgIpc) is 2.72. The van der Waals surface area contributed by atoms with Gasteiger partial charge in [0.05, 0.1) is 5.56 Å². The third kappa shape index (κ3) is 4.49. The lowest BCUT2D eigenvalue weighted by molar-refractivity contribution is -0.277. The Hall–Kier alpha value is -3.25. The first-order chi connectivity index (χ1) is 14.2. The van der Waals surface area contributed by atoms with E-state index < -0.39 is 60.5 Å². The summed E-state index contributed by atoms with van der Waals surface area (Å²) in [5.74, 6) is -3.12. The predicted molar refractivity (Wildman–Crippen MR) is 97.1 cm³/mol. The number of esters is 1. The molecule has 1 saturated heterocycles. The standard InChI is InChI=1S/C19H20O11/c20-9-1-3-10(4-2-9)29-19-17(26)16(25)15(24)13(30-19)7-28-18(27)8-5-11(21)14(23)12(22)6-8/h1-6,13,15-17,19-26H,7H2/t13-,15-,16+,17-,19-/m0/s1. The minimum absolute atomic E-state index is 0.0148. The van der Waals surface area contributed by atoms with Crippen LogP contribution in [0.3, 0.4) is 0 Å². The van der Waals surface area contributed by atoms with E-state index in [4.69, 9.17) is 14.2 Å². The molecule has 30 heavy (non-hydrogen) atoms. The fourth-order valence-corrected chi connectivity index (χ4v) is 2.77. The summed E-state index contributed by atoms with van der Waals surface area (Å²) in [6.07, 6.45) is -7.61. The van der Waals surface area contributed by atoms with Gasteiger partial charge < -0.3 is 50.0 Å². The summed E-state index contributed by atoms with van der Waals surface area (Å²) in [6, 6.07) is 7.17. The number of carbonyl (C=O) groups is 1. The van der Waals surface area contributed by atoms with Crippen molar-refractivity contribution in [1.29, 1.82) is 0 Å². The zero-order valence-electron chi connectivity index (χ0n) is 15.3. The van der Waals surface area contributed by atoms with E-state index in [1.165, 1.54) is 24.3 Å². The van der Waals surface area contributed by atoms with Crippen molar-refractivity contribution in [2.24, 2.45) is 0 Å². The summed E-state index contributed by atoms with van der Waals surface area (Å²) >= 11 is 0. The van der Waals surface area contributed by atoms with Crippen LogP contribution in [0.5, 0.6) is 28.7 Å². The molecule has 5 atom stereocenters. The van der Waals surface area contributed by atoms with Crippen molar-refractivity contribution in [2.45, 2.75) is 30.7 Å². The highest BCUT2D eigenvalue weighted by molar-refractivity contribution is 5.91. The topological polar surface area (TPSA) is 186 Å². The number of aromatic hydroxyl groups is 4. The molecule has 0 radical (unpaired) electrons. The number of ether oxygens (including phenoxy) is 3. The molecule has 1 aliphatic rings. The quantitative estimate of drug-likeness (QED) is 0.243. The van der Waals surface area contributed by atoms with E-state index in [0.717, 1.165) is 12.1 Å². The number of hydrogen-bond acceptors (Lipinski definition) is 11. The predicted octanol–water partition coefficient (Wildman–Crippen LogP) is -0.448. The number of aliphatic hydroxyl groups is 3. The molecule has 11 heteroatoms. The van der Waals surface area contributed by atoms with Crippen LogP contribution in [0, 0.1) is 0 Å². The van der Waals surface area contributed by atoms with Crippen molar-refractivity contribution >= 4 is 5.97 Å². The Morgan fingerprint density at radius 3 is 2.10 bits per heavy atom. The Bertz CT molecular complexity index is 875. The highest BCUT2D eigenvalue weighted by Gasteiger charge is 2.45. The Kier molecular flexibility index (Phi) is 6.17. The lowest BCUT2D eigenvalue weighted by atomic mass is 9.99. The lowest BCUT2D eigenvalue weighted by Crippen LogP contribution is -2.60. The van der Waals surface area contributed by atoms with Crippen molar-refractivity contribution < 1.29 is 54.8 Å². The number of carbonyl (C=O) groups excluding carboxylic acids is 1. The molecule has 0 spiro atoms. The van der Waals surface area contributed by atoms with Crippen LogP contribution >= 0.6 is 0 Å². The van der Waals surface area contributed by atoms with Crippen LogP contribution in [0.1, 0.15) is 10.4 Å². The molecule has 0 aromatic heterocycles. The molecule has 0 amide bonds. The molecule has 2 aromatic carbocycles. The van der Waals surface area contributed by atoms with Gasteiger partial charge in [0.1, 0.15) is 42.5 Å². The summed E-state index contributed by atoms with van der Waals surface area (Å²) in [6.45, 7) is -0.568. The van der Waals surface area contributed by atoms with Crippen LogP contribution in [0.25, 0.3) is 0 Å². The molecule has 162 valence electrons. The molecule has 2 aromatic rings. The van der Waals surface area contributed by atoms with Gasteiger partial charge in [-0.2, -0.15) is 0 Å². The Morgan fingerprint density at radius 2 is 1.50 bits per heavy atom. The van der Waals surface area contributed by atoms with Crippen LogP contribution in [0.2, 0.25) is 0 Å². The highest BCUT2D eigenvalue weighted by Crippen LogP contribution is 2.35. The SMILES string of the molecule is O=C(OC[C@@H]1O[C@H](Oc2ccc(O)cc2)[C@@H](O)[C@H](O)[C@H]1O)c1cc(O)c(O)c(O)c1. The molecule has 0 bridgehead atoms. The average molecular weight is 424 g/mol. The normalized spacial score (nSPS) is 26.2. The van der Waals surface area contributed by atoms with Gasteiger partial charge in [0.15, 0.2) is 17.2 Å². The molecule has 3 rings (SSSR count). The van der Waals surface area contributed by atoms with Crippen LogP contribution < -0.4 is 4.74 Å². The van der Waals surface area contributed by atoms with Crippen molar-refractivity contribution in [1.82, 2.24) is 0 Å². The number of hydrogen-bond donors (Lipinski definition) is 7. The third-order valence-corrected chi connectivity index (χ3v) is 4.44.